The average Bonchev–Trinajstić information content (AvgIpc) is 2.22. The van der Waals surface area contributed by atoms with Crippen LogP contribution in [-0.2, 0) is 6.54 Å². The van der Waals surface area contributed by atoms with Gasteiger partial charge >= 0.3 is 12.4 Å². The lowest BCUT2D eigenvalue weighted by atomic mass is 10.2. The van der Waals surface area contributed by atoms with Crippen LogP contribution in [0.4, 0.5) is 26.3 Å². The van der Waals surface area contributed by atoms with Crippen LogP contribution in [0.15, 0.2) is 18.2 Å². The molecule has 0 aliphatic rings. The topological polar surface area (TPSA) is 35.2 Å². The van der Waals surface area contributed by atoms with Gasteiger partial charge < -0.3 is 10.5 Å². The quantitative estimate of drug-likeness (QED) is 0.865. The second-order valence-electron chi connectivity index (χ2n) is 3.50. The molecule has 0 aliphatic heterocycles. The zero-order chi connectivity index (χ0) is 14.8. The van der Waals surface area contributed by atoms with E-state index in [1.807, 2.05) is 0 Å². The Morgan fingerprint density at radius 2 is 1.63 bits per heavy atom. The molecular formula is C10H8ClF6NO. The Balaban J connectivity index is 3.15. The van der Waals surface area contributed by atoms with Crippen molar-refractivity contribution in [1.29, 1.82) is 0 Å². The van der Waals surface area contributed by atoms with Crippen LogP contribution in [0.3, 0.4) is 0 Å². The minimum atomic E-state index is -5.59. The Hall–Kier alpha value is -1.15. The van der Waals surface area contributed by atoms with Crippen molar-refractivity contribution in [1.82, 2.24) is 0 Å². The number of rotatable bonds is 3. The van der Waals surface area contributed by atoms with Gasteiger partial charge in [-0.05, 0) is 12.1 Å². The van der Waals surface area contributed by atoms with Crippen molar-refractivity contribution in [2.75, 3.05) is 0 Å². The van der Waals surface area contributed by atoms with E-state index in [4.69, 9.17) is 17.3 Å². The molecule has 0 fully saturated rings. The van der Waals surface area contributed by atoms with Crippen LogP contribution in [0.2, 0.25) is 5.02 Å². The predicted octanol–water partition coefficient (Wildman–Crippen LogP) is 3.67. The van der Waals surface area contributed by atoms with Crippen molar-refractivity contribution >= 4 is 11.6 Å². The highest BCUT2D eigenvalue weighted by atomic mass is 35.5. The summed E-state index contributed by atoms with van der Waals surface area (Å²) in [6.45, 7) is -0.350. The Labute approximate surface area is 109 Å². The lowest BCUT2D eigenvalue weighted by Gasteiger charge is -2.25. The highest BCUT2D eigenvalue weighted by Gasteiger charge is 2.59. The molecule has 0 saturated carbocycles. The van der Waals surface area contributed by atoms with Crippen LogP contribution >= 0.6 is 11.6 Å². The highest BCUT2D eigenvalue weighted by Crippen LogP contribution is 2.38. The Kier molecular flexibility index (Phi) is 4.57. The van der Waals surface area contributed by atoms with Crippen molar-refractivity contribution in [2.24, 2.45) is 5.73 Å². The third-order valence-electron chi connectivity index (χ3n) is 2.12. The molecule has 0 heterocycles. The molecule has 0 unspecified atom stereocenters. The molecule has 2 N–H and O–H groups in total. The van der Waals surface area contributed by atoms with Gasteiger partial charge in [0, 0.05) is 17.1 Å². The summed E-state index contributed by atoms with van der Waals surface area (Å²) in [6.07, 6.45) is -15.1. The average molecular weight is 308 g/mol. The van der Waals surface area contributed by atoms with Gasteiger partial charge in [0.25, 0.3) is 6.10 Å². The van der Waals surface area contributed by atoms with Crippen LogP contribution in [0.5, 0.6) is 5.75 Å². The summed E-state index contributed by atoms with van der Waals surface area (Å²) in [5.41, 5.74) is 5.10. The van der Waals surface area contributed by atoms with Crippen LogP contribution in [0.25, 0.3) is 0 Å². The molecule has 2 nitrogen and oxygen atoms in total. The number of nitrogens with two attached hydrogens (primary N) is 1. The van der Waals surface area contributed by atoms with Crippen LogP contribution < -0.4 is 10.5 Å². The fourth-order valence-corrected chi connectivity index (χ4v) is 1.54. The zero-order valence-corrected chi connectivity index (χ0v) is 9.90. The van der Waals surface area contributed by atoms with Gasteiger partial charge in [-0.15, -0.1) is 0 Å². The SMILES string of the molecule is NCc1c(Cl)cccc1OC(C(F)(F)F)C(F)(F)F. The molecule has 108 valence electrons. The Morgan fingerprint density at radius 3 is 2.05 bits per heavy atom. The molecule has 1 rings (SSSR count). The number of alkyl halides is 6. The summed E-state index contributed by atoms with van der Waals surface area (Å²) in [7, 11) is 0. The van der Waals surface area contributed by atoms with E-state index in [0.717, 1.165) is 6.07 Å². The molecule has 0 atom stereocenters. The van der Waals surface area contributed by atoms with Gasteiger partial charge in [-0.3, -0.25) is 0 Å². The molecule has 0 amide bonds. The third kappa shape index (κ3) is 3.90. The number of hydrogen-bond donors (Lipinski definition) is 1. The molecule has 9 heteroatoms. The van der Waals surface area contributed by atoms with Crippen molar-refractivity contribution in [3.8, 4) is 5.75 Å². The maximum Gasteiger partial charge on any atom is 0.434 e. The smallest absolute Gasteiger partial charge is 0.434 e. The lowest BCUT2D eigenvalue weighted by molar-refractivity contribution is -0.300. The van der Waals surface area contributed by atoms with Crippen LogP contribution in [0, 0.1) is 0 Å². The maximum absolute atomic E-state index is 12.3. The van der Waals surface area contributed by atoms with Crippen molar-refractivity contribution < 1.29 is 31.1 Å². The van der Waals surface area contributed by atoms with Gasteiger partial charge in [0.05, 0.1) is 0 Å². The van der Waals surface area contributed by atoms with E-state index in [-0.39, 0.29) is 17.1 Å². The first kappa shape index (κ1) is 15.9. The first-order valence-electron chi connectivity index (χ1n) is 4.85. The minimum absolute atomic E-state index is 0.0666. The summed E-state index contributed by atoms with van der Waals surface area (Å²) in [6, 6.07) is 3.39. The molecule has 0 bridgehead atoms. The molecule has 0 aliphatic carbocycles. The Bertz CT molecular complexity index is 431. The van der Waals surface area contributed by atoms with E-state index in [9.17, 15) is 26.3 Å². The van der Waals surface area contributed by atoms with E-state index < -0.39 is 24.2 Å². The monoisotopic (exact) mass is 307 g/mol. The number of halogens is 7. The van der Waals surface area contributed by atoms with Crippen LogP contribution in [-0.4, -0.2) is 18.5 Å². The number of hydrogen-bond acceptors (Lipinski definition) is 2. The van der Waals surface area contributed by atoms with Gasteiger partial charge in [0.2, 0.25) is 0 Å². The van der Waals surface area contributed by atoms with Crippen molar-refractivity contribution in [2.45, 2.75) is 25.0 Å². The summed E-state index contributed by atoms with van der Waals surface area (Å²) in [4.78, 5) is 0. The van der Waals surface area contributed by atoms with E-state index >= 15 is 0 Å². The first-order chi connectivity index (χ1) is 8.57. The lowest BCUT2D eigenvalue weighted by Crippen LogP contribution is -2.46. The third-order valence-corrected chi connectivity index (χ3v) is 2.47. The van der Waals surface area contributed by atoms with Gasteiger partial charge in [0.1, 0.15) is 5.75 Å². The predicted molar refractivity (Wildman–Crippen MR) is 55.9 cm³/mol. The maximum atomic E-state index is 12.3. The van der Waals surface area contributed by atoms with Crippen molar-refractivity contribution in [3.05, 3.63) is 28.8 Å². The molecule has 0 radical (unpaired) electrons. The molecule has 0 aromatic heterocycles. The molecule has 0 spiro atoms. The van der Waals surface area contributed by atoms with Gasteiger partial charge in [-0.2, -0.15) is 26.3 Å². The molecule has 0 saturated heterocycles. The van der Waals surface area contributed by atoms with Gasteiger partial charge in [-0.1, -0.05) is 17.7 Å². The summed E-state index contributed by atoms with van der Waals surface area (Å²) < 4.78 is 78.0. The highest BCUT2D eigenvalue weighted by molar-refractivity contribution is 6.31. The second-order valence-corrected chi connectivity index (χ2v) is 3.91. The largest absolute Gasteiger partial charge is 0.471 e. The normalized spacial score (nSPS) is 12.9. The summed E-state index contributed by atoms with van der Waals surface area (Å²) >= 11 is 5.62. The second kappa shape index (κ2) is 5.46. The Morgan fingerprint density at radius 1 is 1.11 bits per heavy atom. The first-order valence-corrected chi connectivity index (χ1v) is 5.22. The molecule has 1 aromatic carbocycles. The van der Waals surface area contributed by atoms with E-state index in [2.05, 4.69) is 4.74 Å². The molecule has 19 heavy (non-hydrogen) atoms. The number of benzene rings is 1. The van der Waals surface area contributed by atoms with E-state index in [1.165, 1.54) is 12.1 Å². The van der Waals surface area contributed by atoms with Gasteiger partial charge in [-0.25, -0.2) is 0 Å². The zero-order valence-electron chi connectivity index (χ0n) is 9.15. The van der Waals surface area contributed by atoms with Gasteiger partial charge in [0.15, 0.2) is 0 Å². The standard InChI is InChI=1S/C10H8ClF6NO/c11-6-2-1-3-7(5(6)4-18)19-8(9(12,13)14)10(15,16)17/h1-3,8H,4,18H2. The van der Waals surface area contributed by atoms with E-state index in [0.29, 0.717) is 0 Å². The van der Waals surface area contributed by atoms with E-state index in [1.54, 1.807) is 0 Å². The fourth-order valence-electron chi connectivity index (χ4n) is 1.29. The number of ether oxygens (including phenoxy) is 1. The molecular weight excluding hydrogens is 300 g/mol. The summed E-state index contributed by atoms with van der Waals surface area (Å²) in [5, 5.41) is -0.0666. The summed E-state index contributed by atoms with van der Waals surface area (Å²) in [5.74, 6) is -0.644. The molecule has 1 aromatic rings. The minimum Gasteiger partial charge on any atom is -0.471 e. The van der Waals surface area contributed by atoms with Crippen molar-refractivity contribution in [3.63, 3.8) is 0 Å². The van der Waals surface area contributed by atoms with Crippen LogP contribution in [0.1, 0.15) is 5.56 Å². The fraction of sp³-hybridized carbons (Fsp3) is 0.400.